The third-order valence-electron chi connectivity index (χ3n) is 4.81. The molecule has 0 aliphatic carbocycles. The fraction of sp³-hybridized carbons (Fsp3) is 0.182. The third-order valence-corrected chi connectivity index (χ3v) is 4.81. The molecule has 0 radical (unpaired) electrons. The number of rotatable bonds is 2. The van der Waals surface area contributed by atoms with Crippen molar-refractivity contribution in [2.75, 3.05) is 11.9 Å². The Hall–Kier alpha value is -3.14. The SMILES string of the molecule is Cc1ccc2c(c1)CCN(C(=O)Nc1ccccc1)C2c1cccnc1. The summed E-state index contributed by atoms with van der Waals surface area (Å²) in [5, 5.41) is 3.02. The summed E-state index contributed by atoms with van der Waals surface area (Å²) < 4.78 is 0. The summed E-state index contributed by atoms with van der Waals surface area (Å²) in [5.41, 5.74) is 5.56. The summed E-state index contributed by atoms with van der Waals surface area (Å²) in [5.74, 6) is 0. The monoisotopic (exact) mass is 343 g/mol. The number of pyridine rings is 1. The molecule has 26 heavy (non-hydrogen) atoms. The second-order valence-electron chi connectivity index (χ2n) is 6.63. The average Bonchev–Trinajstić information content (AvgIpc) is 2.68. The first-order valence-electron chi connectivity index (χ1n) is 8.84. The molecule has 4 nitrogen and oxygen atoms in total. The van der Waals surface area contributed by atoms with Gasteiger partial charge in [-0.15, -0.1) is 0 Å². The normalized spacial score (nSPS) is 16.0. The molecule has 1 aliphatic rings. The molecule has 1 unspecified atom stereocenters. The fourth-order valence-electron chi connectivity index (χ4n) is 3.59. The van der Waals surface area contributed by atoms with Crippen LogP contribution in [0.25, 0.3) is 0 Å². The second-order valence-corrected chi connectivity index (χ2v) is 6.63. The van der Waals surface area contributed by atoms with Crippen molar-refractivity contribution < 1.29 is 4.79 Å². The minimum atomic E-state index is -0.128. The number of nitrogens with zero attached hydrogens (tertiary/aromatic N) is 2. The van der Waals surface area contributed by atoms with Gasteiger partial charge < -0.3 is 10.2 Å². The number of carbonyl (C=O) groups excluding carboxylic acids is 1. The zero-order valence-electron chi connectivity index (χ0n) is 14.7. The van der Waals surface area contributed by atoms with E-state index in [9.17, 15) is 4.79 Å². The van der Waals surface area contributed by atoms with Gasteiger partial charge in [0.2, 0.25) is 0 Å². The van der Waals surface area contributed by atoms with Crippen molar-refractivity contribution in [2.45, 2.75) is 19.4 Å². The van der Waals surface area contributed by atoms with Crippen LogP contribution in [0.2, 0.25) is 0 Å². The molecule has 0 fully saturated rings. The van der Waals surface area contributed by atoms with Crippen molar-refractivity contribution in [3.8, 4) is 0 Å². The summed E-state index contributed by atoms with van der Waals surface area (Å²) in [7, 11) is 0. The van der Waals surface area contributed by atoms with Gasteiger partial charge >= 0.3 is 6.03 Å². The number of hydrogen-bond acceptors (Lipinski definition) is 2. The van der Waals surface area contributed by atoms with Crippen molar-refractivity contribution in [3.05, 3.63) is 95.3 Å². The molecule has 1 aliphatic heterocycles. The molecule has 130 valence electrons. The van der Waals surface area contributed by atoms with Crippen molar-refractivity contribution in [1.29, 1.82) is 0 Å². The van der Waals surface area contributed by atoms with Gasteiger partial charge in [-0.1, -0.05) is 48.0 Å². The fourth-order valence-corrected chi connectivity index (χ4v) is 3.59. The average molecular weight is 343 g/mol. The maximum Gasteiger partial charge on any atom is 0.322 e. The Labute approximate surface area is 153 Å². The first-order chi connectivity index (χ1) is 12.7. The number of amides is 2. The van der Waals surface area contributed by atoms with Crippen LogP contribution in [0.4, 0.5) is 10.5 Å². The van der Waals surface area contributed by atoms with Gasteiger partial charge in [-0.2, -0.15) is 0 Å². The van der Waals surface area contributed by atoms with Gasteiger partial charge in [-0.3, -0.25) is 4.98 Å². The molecule has 0 saturated carbocycles. The van der Waals surface area contributed by atoms with Gasteiger partial charge in [0.05, 0.1) is 6.04 Å². The highest BCUT2D eigenvalue weighted by Crippen LogP contribution is 2.35. The Morgan fingerprint density at radius 2 is 1.96 bits per heavy atom. The number of anilines is 1. The Morgan fingerprint density at radius 3 is 2.73 bits per heavy atom. The Morgan fingerprint density at radius 1 is 1.12 bits per heavy atom. The van der Waals surface area contributed by atoms with Crippen LogP contribution in [-0.4, -0.2) is 22.5 Å². The molecule has 2 aromatic carbocycles. The van der Waals surface area contributed by atoms with Crippen LogP contribution in [-0.2, 0) is 6.42 Å². The predicted octanol–water partition coefficient (Wildman–Crippen LogP) is 4.57. The zero-order chi connectivity index (χ0) is 17.9. The van der Waals surface area contributed by atoms with Crippen molar-refractivity contribution >= 4 is 11.7 Å². The van der Waals surface area contributed by atoms with E-state index in [4.69, 9.17) is 0 Å². The Kier molecular flexibility index (Phi) is 4.40. The highest BCUT2D eigenvalue weighted by molar-refractivity contribution is 5.90. The van der Waals surface area contributed by atoms with E-state index in [0.29, 0.717) is 6.54 Å². The molecule has 4 rings (SSSR count). The lowest BCUT2D eigenvalue weighted by atomic mass is 9.88. The summed E-state index contributed by atoms with van der Waals surface area (Å²) in [6.07, 6.45) is 4.47. The molecule has 0 spiro atoms. The lowest BCUT2D eigenvalue weighted by Crippen LogP contribution is -2.43. The molecular weight excluding hydrogens is 322 g/mol. The van der Waals surface area contributed by atoms with E-state index < -0.39 is 0 Å². The maximum absolute atomic E-state index is 13.0. The highest BCUT2D eigenvalue weighted by atomic mass is 16.2. The van der Waals surface area contributed by atoms with Crippen LogP contribution < -0.4 is 5.32 Å². The number of hydrogen-bond donors (Lipinski definition) is 1. The molecule has 1 aromatic heterocycles. The molecule has 2 heterocycles. The van der Waals surface area contributed by atoms with Crippen LogP contribution in [0.15, 0.2) is 73.1 Å². The third kappa shape index (κ3) is 3.18. The molecule has 1 N–H and O–H groups in total. The Balaban J connectivity index is 1.71. The number of benzene rings is 2. The van der Waals surface area contributed by atoms with Crippen LogP contribution in [0.1, 0.15) is 28.3 Å². The van der Waals surface area contributed by atoms with Crippen LogP contribution in [0.5, 0.6) is 0 Å². The van der Waals surface area contributed by atoms with Crippen LogP contribution >= 0.6 is 0 Å². The van der Waals surface area contributed by atoms with Crippen molar-refractivity contribution in [2.24, 2.45) is 0 Å². The molecule has 0 saturated heterocycles. The van der Waals surface area contributed by atoms with Crippen molar-refractivity contribution in [3.63, 3.8) is 0 Å². The molecular formula is C22H21N3O. The standard InChI is InChI=1S/C22H21N3O/c1-16-9-10-20-17(14-16)11-13-25(21(20)18-6-5-12-23-15-18)22(26)24-19-7-3-2-4-8-19/h2-10,12,14-15,21H,11,13H2,1H3,(H,24,26). The smallest absolute Gasteiger partial charge is 0.313 e. The lowest BCUT2D eigenvalue weighted by molar-refractivity contribution is 0.194. The van der Waals surface area contributed by atoms with E-state index in [1.807, 2.05) is 53.6 Å². The number of para-hydroxylation sites is 1. The lowest BCUT2D eigenvalue weighted by Gasteiger charge is -2.37. The first kappa shape index (κ1) is 16.3. The summed E-state index contributed by atoms with van der Waals surface area (Å²) in [4.78, 5) is 19.2. The summed E-state index contributed by atoms with van der Waals surface area (Å²) >= 11 is 0. The molecule has 4 heteroatoms. The first-order valence-corrected chi connectivity index (χ1v) is 8.84. The number of aryl methyl sites for hydroxylation is 1. The second kappa shape index (κ2) is 7.00. The number of carbonyl (C=O) groups is 1. The molecule has 1 atom stereocenters. The minimum Gasteiger partial charge on any atom is -0.313 e. The van der Waals surface area contributed by atoms with Gasteiger partial charge in [-0.25, -0.2) is 4.79 Å². The maximum atomic E-state index is 13.0. The van der Waals surface area contributed by atoms with E-state index in [1.165, 1.54) is 16.7 Å². The zero-order valence-corrected chi connectivity index (χ0v) is 14.7. The summed E-state index contributed by atoms with van der Waals surface area (Å²) in [6.45, 7) is 2.78. The topological polar surface area (TPSA) is 45.2 Å². The highest BCUT2D eigenvalue weighted by Gasteiger charge is 2.32. The van der Waals surface area contributed by atoms with E-state index in [-0.39, 0.29) is 12.1 Å². The van der Waals surface area contributed by atoms with E-state index in [2.05, 4.69) is 35.4 Å². The van der Waals surface area contributed by atoms with E-state index >= 15 is 0 Å². The van der Waals surface area contributed by atoms with Gasteiger partial charge in [0.25, 0.3) is 0 Å². The number of fused-ring (bicyclic) bond motifs is 1. The van der Waals surface area contributed by atoms with Gasteiger partial charge in [-0.05, 0) is 48.2 Å². The van der Waals surface area contributed by atoms with Crippen LogP contribution in [0.3, 0.4) is 0 Å². The largest absolute Gasteiger partial charge is 0.322 e. The van der Waals surface area contributed by atoms with E-state index in [1.54, 1.807) is 6.20 Å². The van der Waals surface area contributed by atoms with Crippen molar-refractivity contribution in [1.82, 2.24) is 9.88 Å². The number of urea groups is 1. The van der Waals surface area contributed by atoms with Gasteiger partial charge in [0, 0.05) is 24.6 Å². The predicted molar refractivity (Wildman–Crippen MR) is 103 cm³/mol. The number of nitrogens with one attached hydrogen (secondary N) is 1. The molecule has 2 amide bonds. The van der Waals surface area contributed by atoms with Gasteiger partial charge in [0.15, 0.2) is 0 Å². The Bertz CT molecular complexity index is 909. The number of aromatic nitrogens is 1. The molecule has 3 aromatic rings. The quantitative estimate of drug-likeness (QED) is 0.741. The summed E-state index contributed by atoms with van der Waals surface area (Å²) in [6, 6.07) is 19.8. The molecule has 0 bridgehead atoms. The van der Waals surface area contributed by atoms with Crippen LogP contribution in [0, 0.1) is 6.92 Å². The van der Waals surface area contributed by atoms with Gasteiger partial charge in [0.1, 0.15) is 0 Å². The van der Waals surface area contributed by atoms with E-state index in [0.717, 1.165) is 17.7 Å². The minimum absolute atomic E-state index is 0.0868.